The summed E-state index contributed by atoms with van der Waals surface area (Å²) in [6.45, 7) is 2.11. The SMILES string of the molecule is Cc1[nH]nc(-c2ccc(OCc3ccc(F)cc3)cc2O)c1Oc1ccccc1Br. The van der Waals surface area contributed by atoms with E-state index in [1.54, 1.807) is 24.3 Å². The minimum absolute atomic E-state index is 0.00934. The van der Waals surface area contributed by atoms with Crippen molar-refractivity contribution < 1.29 is 19.0 Å². The number of rotatable bonds is 6. The van der Waals surface area contributed by atoms with Crippen molar-refractivity contribution in [3.05, 3.63) is 88.3 Å². The first-order valence-corrected chi connectivity index (χ1v) is 9.98. The molecule has 7 heteroatoms. The minimum atomic E-state index is -0.296. The van der Waals surface area contributed by atoms with Crippen molar-refractivity contribution in [3.63, 3.8) is 0 Å². The third-order valence-electron chi connectivity index (χ3n) is 4.48. The summed E-state index contributed by atoms with van der Waals surface area (Å²) in [6, 6.07) is 18.5. The molecule has 0 unspecified atom stereocenters. The first-order valence-electron chi connectivity index (χ1n) is 9.19. The van der Waals surface area contributed by atoms with Crippen LogP contribution in [0.2, 0.25) is 0 Å². The Kier molecular flexibility index (Phi) is 5.72. The summed E-state index contributed by atoms with van der Waals surface area (Å²) in [5, 5.41) is 17.8. The van der Waals surface area contributed by atoms with Crippen LogP contribution in [0.25, 0.3) is 11.3 Å². The Labute approximate surface area is 181 Å². The van der Waals surface area contributed by atoms with Crippen molar-refractivity contribution in [2.75, 3.05) is 0 Å². The number of phenolic OH excluding ortho intramolecular Hbond substituents is 1. The fourth-order valence-corrected chi connectivity index (χ4v) is 3.28. The number of H-pyrrole nitrogens is 1. The van der Waals surface area contributed by atoms with Crippen LogP contribution in [0.5, 0.6) is 23.0 Å². The Morgan fingerprint density at radius 1 is 1.07 bits per heavy atom. The first-order chi connectivity index (χ1) is 14.5. The summed E-state index contributed by atoms with van der Waals surface area (Å²) >= 11 is 3.47. The normalized spacial score (nSPS) is 10.8. The van der Waals surface area contributed by atoms with Crippen LogP contribution in [-0.4, -0.2) is 15.3 Å². The fraction of sp³-hybridized carbons (Fsp3) is 0.0870. The first kappa shape index (κ1) is 20.0. The molecule has 1 heterocycles. The molecular formula is C23H18BrFN2O3. The Balaban J connectivity index is 1.56. The van der Waals surface area contributed by atoms with Crippen LogP contribution in [-0.2, 0) is 6.61 Å². The maximum atomic E-state index is 13.0. The van der Waals surface area contributed by atoms with Gasteiger partial charge in [-0.25, -0.2) is 4.39 Å². The van der Waals surface area contributed by atoms with E-state index in [9.17, 15) is 9.50 Å². The number of nitrogens with zero attached hydrogens (tertiary/aromatic N) is 1. The lowest BCUT2D eigenvalue weighted by Crippen LogP contribution is -1.96. The zero-order chi connectivity index (χ0) is 21.1. The van der Waals surface area contributed by atoms with E-state index in [0.29, 0.717) is 28.5 Å². The summed E-state index contributed by atoms with van der Waals surface area (Å²) in [5.41, 5.74) is 2.56. The molecule has 0 aliphatic heterocycles. The molecule has 0 spiro atoms. The zero-order valence-electron chi connectivity index (χ0n) is 16.0. The van der Waals surface area contributed by atoms with Gasteiger partial charge < -0.3 is 14.6 Å². The molecule has 0 bridgehead atoms. The highest BCUT2D eigenvalue weighted by molar-refractivity contribution is 9.10. The molecule has 30 heavy (non-hydrogen) atoms. The topological polar surface area (TPSA) is 67.4 Å². The molecule has 3 aromatic carbocycles. The average molecular weight is 469 g/mol. The summed E-state index contributed by atoms with van der Waals surface area (Å²) in [7, 11) is 0. The quantitative estimate of drug-likeness (QED) is 0.345. The second-order valence-corrected chi connectivity index (χ2v) is 7.51. The summed E-state index contributed by atoms with van der Waals surface area (Å²) < 4.78 is 25.6. The van der Waals surface area contributed by atoms with Crippen LogP contribution in [0, 0.1) is 12.7 Å². The van der Waals surface area contributed by atoms with Gasteiger partial charge in [-0.15, -0.1) is 0 Å². The van der Waals surface area contributed by atoms with Crippen LogP contribution < -0.4 is 9.47 Å². The number of phenols is 1. The molecule has 0 amide bonds. The number of hydrogen-bond acceptors (Lipinski definition) is 4. The highest BCUT2D eigenvalue weighted by atomic mass is 79.9. The van der Waals surface area contributed by atoms with Gasteiger partial charge in [0.2, 0.25) is 0 Å². The second-order valence-electron chi connectivity index (χ2n) is 6.65. The molecule has 0 aliphatic carbocycles. The number of ether oxygens (including phenoxy) is 2. The lowest BCUT2D eigenvalue weighted by atomic mass is 10.1. The summed E-state index contributed by atoms with van der Waals surface area (Å²) in [4.78, 5) is 0. The van der Waals surface area contributed by atoms with E-state index in [1.165, 1.54) is 18.2 Å². The lowest BCUT2D eigenvalue weighted by Gasteiger charge is -2.11. The van der Waals surface area contributed by atoms with Gasteiger partial charge in [0.15, 0.2) is 5.75 Å². The number of halogens is 2. The van der Waals surface area contributed by atoms with E-state index in [0.717, 1.165) is 15.7 Å². The van der Waals surface area contributed by atoms with Crippen LogP contribution >= 0.6 is 15.9 Å². The van der Waals surface area contributed by atoms with E-state index in [1.807, 2.05) is 31.2 Å². The molecule has 152 valence electrons. The molecule has 0 saturated carbocycles. The minimum Gasteiger partial charge on any atom is -0.507 e. The third kappa shape index (κ3) is 4.31. The molecule has 0 aliphatic rings. The molecule has 1 aromatic heterocycles. The van der Waals surface area contributed by atoms with Crippen molar-refractivity contribution in [1.29, 1.82) is 0 Å². The maximum absolute atomic E-state index is 13.0. The van der Waals surface area contributed by atoms with Crippen molar-refractivity contribution in [2.45, 2.75) is 13.5 Å². The number of aromatic amines is 1. The third-order valence-corrected chi connectivity index (χ3v) is 5.14. The Morgan fingerprint density at radius 2 is 1.83 bits per heavy atom. The van der Waals surface area contributed by atoms with Crippen LogP contribution in [0.15, 0.2) is 71.2 Å². The summed E-state index contributed by atoms with van der Waals surface area (Å²) in [5.74, 6) is 1.37. The predicted octanol–water partition coefficient (Wildman–Crippen LogP) is 6.36. The number of aromatic hydroxyl groups is 1. The number of hydrogen-bond donors (Lipinski definition) is 2. The van der Waals surface area contributed by atoms with Gasteiger partial charge in [-0.05, 0) is 64.8 Å². The highest BCUT2D eigenvalue weighted by Crippen LogP contribution is 2.41. The van der Waals surface area contributed by atoms with Crippen LogP contribution in [0.4, 0.5) is 4.39 Å². The van der Waals surface area contributed by atoms with E-state index in [2.05, 4.69) is 26.1 Å². The van der Waals surface area contributed by atoms with Crippen molar-refractivity contribution in [1.82, 2.24) is 10.2 Å². The zero-order valence-corrected chi connectivity index (χ0v) is 17.6. The second kappa shape index (κ2) is 8.59. The van der Waals surface area contributed by atoms with E-state index in [4.69, 9.17) is 9.47 Å². The molecular weight excluding hydrogens is 451 g/mol. The predicted molar refractivity (Wildman–Crippen MR) is 115 cm³/mol. The van der Waals surface area contributed by atoms with Crippen LogP contribution in [0.3, 0.4) is 0 Å². The van der Waals surface area contributed by atoms with Gasteiger partial charge in [0.1, 0.15) is 35.4 Å². The Hall–Kier alpha value is -3.32. The molecule has 0 saturated heterocycles. The van der Waals surface area contributed by atoms with Crippen molar-refractivity contribution >= 4 is 15.9 Å². The summed E-state index contributed by atoms with van der Waals surface area (Å²) in [6.07, 6.45) is 0. The van der Waals surface area contributed by atoms with E-state index in [-0.39, 0.29) is 18.2 Å². The van der Waals surface area contributed by atoms with E-state index < -0.39 is 0 Å². The molecule has 4 rings (SSSR count). The number of aryl methyl sites for hydroxylation is 1. The molecule has 0 radical (unpaired) electrons. The molecule has 4 aromatic rings. The smallest absolute Gasteiger partial charge is 0.176 e. The molecule has 0 fully saturated rings. The number of para-hydroxylation sites is 1. The fourth-order valence-electron chi connectivity index (χ4n) is 2.91. The average Bonchev–Trinajstić information content (AvgIpc) is 3.09. The number of benzene rings is 3. The standard InChI is InChI=1S/C23H18BrFN2O3/c1-14-23(30-21-5-3-2-4-19(21)24)22(27-26-14)18-11-10-17(12-20(18)28)29-13-15-6-8-16(25)9-7-15/h2-12,28H,13H2,1H3,(H,26,27). The van der Waals surface area contributed by atoms with Crippen LogP contribution in [0.1, 0.15) is 11.3 Å². The van der Waals surface area contributed by atoms with Gasteiger partial charge in [0.25, 0.3) is 0 Å². The van der Waals surface area contributed by atoms with Gasteiger partial charge >= 0.3 is 0 Å². The highest BCUT2D eigenvalue weighted by Gasteiger charge is 2.19. The number of aromatic nitrogens is 2. The monoisotopic (exact) mass is 468 g/mol. The van der Waals surface area contributed by atoms with Gasteiger partial charge in [-0.1, -0.05) is 24.3 Å². The molecule has 5 nitrogen and oxygen atoms in total. The van der Waals surface area contributed by atoms with Gasteiger partial charge in [0.05, 0.1) is 10.2 Å². The van der Waals surface area contributed by atoms with E-state index >= 15 is 0 Å². The largest absolute Gasteiger partial charge is 0.507 e. The molecule has 0 atom stereocenters. The van der Waals surface area contributed by atoms with Crippen molar-refractivity contribution in [3.8, 4) is 34.3 Å². The van der Waals surface area contributed by atoms with Crippen molar-refractivity contribution in [2.24, 2.45) is 0 Å². The Bertz CT molecular complexity index is 1180. The maximum Gasteiger partial charge on any atom is 0.176 e. The number of nitrogens with one attached hydrogen (secondary N) is 1. The lowest BCUT2D eigenvalue weighted by molar-refractivity contribution is 0.304. The Morgan fingerprint density at radius 3 is 2.57 bits per heavy atom. The van der Waals surface area contributed by atoms with Gasteiger partial charge in [0, 0.05) is 11.6 Å². The molecule has 2 N–H and O–H groups in total. The van der Waals surface area contributed by atoms with Gasteiger partial charge in [-0.2, -0.15) is 5.10 Å². The van der Waals surface area contributed by atoms with Gasteiger partial charge in [-0.3, -0.25) is 5.10 Å².